The number of methoxy groups -OCH3 is 1. The van der Waals surface area contributed by atoms with Crippen LogP contribution in [0.25, 0.3) is 0 Å². The molecule has 1 N–H and O–H groups in total. The standard InChI is InChI=1S/C11H17N3O2S/c1-15-8-10-13-11(17-14-10)12-5-2-9-3-6-16-7-4-9/h3H,2,4-8H2,1H3,(H,12,13,14). The number of nitrogens with one attached hydrogen (secondary N) is 1. The molecule has 0 saturated heterocycles. The molecule has 0 radical (unpaired) electrons. The van der Waals surface area contributed by atoms with Gasteiger partial charge in [0.25, 0.3) is 0 Å². The smallest absolute Gasteiger partial charge is 0.202 e. The summed E-state index contributed by atoms with van der Waals surface area (Å²) in [6.45, 7) is 2.98. The van der Waals surface area contributed by atoms with E-state index in [4.69, 9.17) is 9.47 Å². The fraction of sp³-hybridized carbons (Fsp3) is 0.636. The van der Waals surface area contributed by atoms with Crippen molar-refractivity contribution in [2.45, 2.75) is 19.4 Å². The normalized spacial score (nSPS) is 15.7. The van der Waals surface area contributed by atoms with Gasteiger partial charge in [0.1, 0.15) is 6.61 Å². The van der Waals surface area contributed by atoms with Gasteiger partial charge in [0.05, 0.1) is 13.2 Å². The number of rotatable bonds is 6. The molecule has 0 aliphatic carbocycles. The van der Waals surface area contributed by atoms with Crippen molar-refractivity contribution in [2.75, 3.05) is 32.2 Å². The van der Waals surface area contributed by atoms with Crippen LogP contribution in [-0.2, 0) is 16.1 Å². The quantitative estimate of drug-likeness (QED) is 0.786. The highest BCUT2D eigenvalue weighted by molar-refractivity contribution is 7.09. The van der Waals surface area contributed by atoms with Gasteiger partial charge in [-0.25, -0.2) is 4.98 Å². The van der Waals surface area contributed by atoms with Crippen LogP contribution in [0.4, 0.5) is 5.13 Å². The second-order valence-corrected chi connectivity index (χ2v) is 4.56. The lowest BCUT2D eigenvalue weighted by Crippen LogP contribution is -2.08. The van der Waals surface area contributed by atoms with E-state index in [-0.39, 0.29) is 0 Å². The number of hydrogen-bond donors (Lipinski definition) is 1. The molecule has 1 aliphatic rings. The summed E-state index contributed by atoms with van der Waals surface area (Å²) in [5.41, 5.74) is 1.46. The van der Waals surface area contributed by atoms with Gasteiger partial charge in [0, 0.05) is 25.2 Å². The highest BCUT2D eigenvalue weighted by atomic mass is 32.1. The van der Waals surface area contributed by atoms with Gasteiger partial charge >= 0.3 is 0 Å². The van der Waals surface area contributed by atoms with Crippen LogP contribution in [0.15, 0.2) is 11.6 Å². The van der Waals surface area contributed by atoms with E-state index in [1.165, 1.54) is 17.1 Å². The first-order valence-corrected chi connectivity index (χ1v) is 6.47. The Morgan fingerprint density at radius 3 is 3.29 bits per heavy atom. The maximum absolute atomic E-state index is 5.26. The molecule has 6 heteroatoms. The zero-order valence-corrected chi connectivity index (χ0v) is 10.8. The lowest BCUT2D eigenvalue weighted by molar-refractivity contribution is 0.153. The molecule has 1 aromatic rings. The minimum absolute atomic E-state index is 0.473. The Morgan fingerprint density at radius 1 is 1.59 bits per heavy atom. The van der Waals surface area contributed by atoms with Crippen LogP contribution < -0.4 is 5.32 Å². The first kappa shape index (κ1) is 12.5. The Morgan fingerprint density at radius 2 is 2.53 bits per heavy atom. The molecule has 0 amide bonds. The average molecular weight is 255 g/mol. The van der Waals surface area contributed by atoms with Crippen LogP contribution in [-0.4, -0.2) is 36.2 Å². The average Bonchev–Trinajstić information content (AvgIpc) is 2.79. The van der Waals surface area contributed by atoms with Gasteiger partial charge < -0.3 is 14.8 Å². The van der Waals surface area contributed by atoms with E-state index < -0.39 is 0 Å². The predicted octanol–water partition coefficient (Wildman–Crippen LogP) is 1.83. The van der Waals surface area contributed by atoms with Gasteiger partial charge in [-0.3, -0.25) is 0 Å². The Labute approximate surface area is 105 Å². The second kappa shape index (κ2) is 6.68. The largest absolute Gasteiger partial charge is 0.377 e. The van der Waals surface area contributed by atoms with Crippen molar-refractivity contribution >= 4 is 16.7 Å². The summed E-state index contributed by atoms with van der Waals surface area (Å²) in [5.74, 6) is 0.741. The van der Waals surface area contributed by atoms with Crippen molar-refractivity contribution in [1.82, 2.24) is 9.36 Å². The predicted molar refractivity (Wildman–Crippen MR) is 67.2 cm³/mol. The second-order valence-electron chi connectivity index (χ2n) is 3.81. The molecule has 17 heavy (non-hydrogen) atoms. The van der Waals surface area contributed by atoms with Crippen molar-refractivity contribution in [2.24, 2.45) is 0 Å². The maximum Gasteiger partial charge on any atom is 0.202 e. The van der Waals surface area contributed by atoms with E-state index in [0.29, 0.717) is 6.61 Å². The van der Waals surface area contributed by atoms with E-state index in [2.05, 4.69) is 20.8 Å². The van der Waals surface area contributed by atoms with Crippen LogP contribution in [0.3, 0.4) is 0 Å². The van der Waals surface area contributed by atoms with E-state index >= 15 is 0 Å². The number of anilines is 1. The van der Waals surface area contributed by atoms with Crippen LogP contribution in [0.1, 0.15) is 18.7 Å². The van der Waals surface area contributed by atoms with Gasteiger partial charge in [-0.15, -0.1) is 0 Å². The Bertz CT molecular complexity index is 379. The summed E-state index contributed by atoms with van der Waals surface area (Å²) < 4.78 is 14.4. The van der Waals surface area contributed by atoms with Crippen LogP contribution >= 0.6 is 11.5 Å². The first-order chi connectivity index (χ1) is 8.38. The molecule has 0 unspecified atom stereocenters. The summed E-state index contributed by atoms with van der Waals surface area (Å²) in [4.78, 5) is 4.31. The zero-order valence-electron chi connectivity index (χ0n) is 9.94. The minimum Gasteiger partial charge on any atom is -0.377 e. The number of aromatic nitrogens is 2. The molecular weight excluding hydrogens is 238 g/mol. The zero-order chi connectivity index (χ0) is 11.9. The van der Waals surface area contributed by atoms with Gasteiger partial charge in [-0.1, -0.05) is 11.6 Å². The topological polar surface area (TPSA) is 56.3 Å². The lowest BCUT2D eigenvalue weighted by Gasteiger charge is -2.13. The molecule has 0 atom stereocenters. The van der Waals surface area contributed by atoms with Crippen molar-refractivity contribution < 1.29 is 9.47 Å². The van der Waals surface area contributed by atoms with Crippen molar-refractivity contribution in [1.29, 1.82) is 0 Å². The molecular formula is C11H17N3O2S. The highest BCUT2D eigenvalue weighted by Crippen LogP contribution is 2.14. The summed E-state index contributed by atoms with van der Waals surface area (Å²) in [5, 5.41) is 4.14. The molecule has 0 saturated carbocycles. The third-order valence-electron chi connectivity index (χ3n) is 2.52. The highest BCUT2D eigenvalue weighted by Gasteiger charge is 2.05. The summed E-state index contributed by atoms with van der Waals surface area (Å²) in [6, 6.07) is 0. The fourth-order valence-corrected chi connectivity index (χ4v) is 2.23. The van der Waals surface area contributed by atoms with Crippen LogP contribution in [0.2, 0.25) is 0 Å². The SMILES string of the molecule is COCc1nsc(NCCC2=CCOCC2)n1. The molecule has 5 nitrogen and oxygen atoms in total. The van der Waals surface area contributed by atoms with E-state index in [9.17, 15) is 0 Å². The lowest BCUT2D eigenvalue weighted by atomic mass is 10.1. The fourth-order valence-electron chi connectivity index (χ4n) is 1.64. The first-order valence-electron chi connectivity index (χ1n) is 5.69. The van der Waals surface area contributed by atoms with Crippen LogP contribution in [0.5, 0.6) is 0 Å². The van der Waals surface area contributed by atoms with Crippen LogP contribution in [0, 0.1) is 0 Å². The molecule has 1 aromatic heterocycles. The molecule has 0 fully saturated rings. The molecule has 0 aromatic carbocycles. The Balaban J connectivity index is 1.71. The van der Waals surface area contributed by atoms with Crippen molar-refractivity contribution in [3.05, 3.63) is 17.5 Å². The van der Waals surface area contributed by atoms with E-state index in [1.807, 2.05) is 0 Å². The Hall–Kier alpha value is -0.980. The third-order valence-corrected chi connectivity index (χ3v) is 3.23. The maximum atomic E-state index is 5.26. The summed E-state index contributed by atoms with van der Waals surface area (Å²) >= 11 is 1.38. The Kier molecular flexibility index (Phi) is 4.90. The molecule has 2 rings (SSSR count). The summed E-state index contributed by atoms with van der Waals surface area (Å²) in [6.07, 6.45) is 4.26. The van der Waals surface area contributed by atoms with Crippen molar-refractivity contribution in [3.63, 3.8) is 0 Å². The van der Waals surface area contributed by atoms with Crippen molar-refractivity contribution in [3.8, 4) is 0 Å². The van der Waals surface area contributed by atoms with E-state index in [0.717, 1.165) is 43.6 Å². The summed E-state index contributed by atoms with van der Waals surface area (Å²) in [7, 11) is 1.64. The van der Waals surface area contributed by atoms with Gasteiger partial charge in [-0.2, -0.15) is 4.37 Å². The monoisotopic (exact) mass is 255 g/mol. The molecule has 94 valence electrons. The number of ether oxygens (including phenoxy) is 2. The minimum atomic E-state index is 0.473. The van der Waals surface area contributed by atoms with Gasteiger partial charge in [-0.05, 0) is 12.8 Å². The number of nitrogens with zero attached hydrogens (tertiary/aromatic N) is 2. The van der Waals surface area contributed by atoms with Gasteiger partial charge in [0.15, 0.2) is 5.82 Å². The van der Waals surface area contributed by atoms with Gasteiger partial charge in [0.2, 0.25) is 5.13 Å². The third kappa shape index (κ3) is 4.07. The van der Waals surface area contributed by atoms with E-state index in [1.54, 1.807) is 7.11 Å². The molecule has 0 spiro atoms. The molecule has 1 aliphatic heterocycles. The number of hydrogen-bond acceptors (Lipinski definition) is 6. The molecule has 2 heterocycles. The molecule has 0 bridgehead atoms.